The minimum absolute atomic E-state index is 0.168. The Hall–Kier alpha value is -1.40. The number of rotatable bonds is 6. The van der Waals surface area contributed by atoms with Gasteiger partial charge in [-0.05, 0) is 36.6 Å². The minimum atomic E-state index is -3.50. The Kier molecular flexibility index (Phi) is 5.36. The van der Waals surface area contributed by atoms with E-state index in [1.165, 1.54) is 57.1 Å². The summed E-state index contributed by atoms with van der Waals surface area (Å²) in [7, 11) is -2.21. The van der Waals surface area contributed by atoms with E-state index in [9.17, 15) is 13.2 Å². The van der Waals surface area contributed by atoms with Crippen LogP contribution in [0.15, 0.2) is 29.2 Å². The van der Waals surface area contributed by atoms with Gasteiger partial charge in [-0.2, -0.15) is 0 Å². The second-order valence-corrected chi connectivity index (χ2v) is 7.12. The minimum Gasteiger partial charge on any atom is -0.465 e. The molecule has 1 aromatic carbocycles. The first kappa shape index (κ1) is 16.0. The van der Waals surface area contributed by atoms with Crippen molar-refractivity contribution in [2.45, 2.75) is 37.0 Å². The standard InChI is InChI=1S/C15H21NO4S/c1-20-15(17)13-6-8-14(9-7-13)21(18,19)16-11-10-12-4-2-3-5-12/h6-9,12,16H,2-5,10-11H2,1H3. The molecule has 0 unspecified atom stereocenters. The van der Waals surface area contributed by atoms with Gasteiger partial charge in [-0.15, -0.1) is 0 Å². The third kappa shape index (κ3) is 4.28. The van der Waals surface area contributed by atoms with Gasteiger partial charge in [0.1, 0.15) is 0 Å². The molecule has 0 saturated heterocycles. The predicted molar refractivity (Wildman–Crippen MR) is 79.5 cm³/mol. The maximum absolute atomic E-state index is 12.1. The summed E-state index contributed by atoms with van der Waals surface area (Å²) in [5.41, 5.74) is 0.336. The van der Waals surface area contributed by atoms with E-state index in [-0.39, 0.29) is 4.90 Å². The summed E-state index contributed by atoms with van der Waals surface area (Å²) in [5.74, 6) is 0.169. The largest absolute Gasteiger partial charge is 0.465 e. The molecule has 0 heterocycles. The average molecular weight is 311 g/mol. The van der Waals surface area contributed by atoms with E-state index in [1.54, 1.807) is 0 Å². The Labute approximate surface area is 125 Å². The maximum Gasteiger partial charge on any atom is 0.337 e. The van der Waals surface area contributed by atoms with Crippen LogP contribution in [-0.4, -0.2) is 28.0 Å². The third-order valence-electron chi connectivity index (χ3n) is 3.91. The summed E-state index contributed by atoms with van der Waals surface area (Å²) in [5, 5.41) is 0. The number of sulfonamides is 1. The summed E-state index contributed by atoms with van der Waals surface area (Å²) >= 11 is 0. The van der Waals surface area contributed by atoms with E-state index in [0.29, 0.717) is 18.0 Å². The fourth-order valence-corrected chi connectivity index (χ4v) is 3.72. The lowest BCUT2D eigenvalue weighted by molar-refractivity contribution is 0.0600. The third-order valence-corrected chi connectivity index (χ3v) is 5.38. The summed E-state index contributed by atoms with van der Waals surface area (Å²) in [6.45, 7) is 0.464. The Morgan fingerprint density at radius 1 is 1.24 bits per heavy atom. The van der Waals surface area contributed by atoms with Gasteiger partial charge >= 0.3 is 5.97 Å². The van der Waals surface area contributed by atoms with Crippen LogP contribution in [0.25, 0.3) is 0 Å². The highest BCUT2D eigenvalue weighted by Crippen LogP contribution is 2.27. The molecular weight excluding hydrogens is 290 g/mol. The number of hydrogen-bond donors (Lipinski definition) is 1. The van der Waals surface area contributed by atoms with Crippen LogP contribution in [-0.2, 0) is 14.8 Å². The molecule has 0 bridgehead atoms. The van der Waals surface area contributed by atoms with Crippen molar-refractivity contribution >= 4 is 16.0 Å². The smallest absolute Gasteiger partial charge is 0.337 e. The zero-order valence-electron chi connectivity index (χ0n) is 12.2. The van der Waals surface area contributed by atoms with Gasteiger partial charge in [0, 0.05) is 6.54 Å². The van der Waals surface area contributed by atoms with Gasteiger partial charge in [0.05, 0.1) is 17.6 Å². The average Bonchev–Trinajstić information content (AvgIpc) is 2.99. The van der Waals surface area contributed by atoms with Crippen LogP contribution in [0, 0.1) is 5.92 Å². The topological polar surface area (TPSA) is 72.5 Å². The number of carbonyl (C=O) groups is 1. The quantitative estimate of drug-likeness (QED) is 0.818. The molecule has 0 atom stereocenters. The van der Waals surface area contributed by atoms with Crippen LogP contribution >= 0.6 is 0 Å². The van der Waals surface area contributed by atoms with Gasteiger partial charge in [0.15, 0.2) is 0 Å². The van der Waals surface area contributed by atoms with Crippen molar-refractivity contribution in [2.24, 2.45) is 5.92 Å². The summed E-state index contributed by atoms with van der Waals surface area (Å²) < 4.78 is 31.5. The summed E-state index contributed by atoms with van der Waals surface area (Å²) in [6, 6.07) is 5.75. The number of esters is 1. The highest BCUT2D eigenvalue weighted by Gasteiger charge is 2.18. The van der Waals surface area contributed by atoms with E-state index in [2.05, 4.69) is 9.46 Å². The van der Waals surface area contributed by atoms with Crippen LogP contribution in [0.4, 0.5) is 0 Å². The van der Waals surface area contributed by atoms with Crippen LogP contribution < -0.4 is 4.72 Å². The number of carbonyl (C=O) groups excluding carboxylic acids is 1. The lowest BCUT2D eigenvalue weighted by Crippen LogP contribution is -2.26. The van der Waals surface area contributed by atoms with Gasteiger partial charge in [0.2, 0.25) is 10.0 Å². The van der Waals surface area contributed by atoms with Crippen molar-refractivity contribution in [2.75, 3.05) is 13.7 Å². The van der Waals surface area contributed by atoms with E-state index in [4.69, 9.17) is 0 Å². The number of nitrogens with one attached hydrogen (secondary N) is 1. The Bertz CT molecular complexity index is 574. The summed E-state index contributed by atoms with van der Waals surface area (Å²) in [4.78, 5) is 11.5. The predicted octanol–water partition coefficient (Wildman–Crippen LogP) is 2.33. The molecule has 0 spiro atoms. The molecule has 2 rings (SSSR count). The molecular formula is C15H21NO4S. The zero-order valence-corrected chi connectivity index (χ0v) is 13.0. The molecule has 5 nitrogen and oxygen atoms in total. The van der Waals surface area contributed by atoms with Crippen molar-refractivity contribution < 1.29 is 17.9 Å². The zero-order chi connectivity index (χ0) is 15.3. The van der Waals surface area contributed by atoms with Crippen LogP contribution in [0.2, 0.25) is 0 Å². The van der Waals surface area contributed by atoms with Crippen LogP contribution in [0.1, 0.15) is 42.5 Å². The molecule has 0 amide bonds. The number of ether oxygens (including phenoxy) is 1. The first-order chi connectivity index (χ1) is 10.0. The molecule has 1 aromatic rings. The van der Waals surface area contributed by atoms with Crippen molar-refractivity contribution in [1.82, 2.24) is 4.72 Å². The highest BCUT2D eigenvalue weighted by molar-refractivity contribution is 7.89. The SMILES string of the molecule is COC(=O)c1ccc(S(=O)(=O)NCCC2CCCC2)cc1. The summed E-state index contributed by atoms with van der Waals surface area (Å²) in [6.07, 6.45) is 5.81. The van der Waals surface area contributed by atoms with Gasteiger partial charge < -0.3 is 4.74 Å². The van der Waals surface area contributed by atoms with Crippen LogP contribution in [0.3, 0.4) is 0 Å². The van der Waals surface area contributed by atoms with Gasteiger partial charge in [-0.1, -0.05) is 25.7 Å². The van der Waals surface area contributed by atoms with E-state index >= 15 is 0 Å². The molecule has 6 heteroatoms. The number of hydrogen-bond acceptors (Lipinski definition) is 4. The molecule has 1 aliphatic rings. The molecule has 0 aliphatic heterocycles. The van der Waals surface area contributed by atoms with E-state index in [0.717, 1.165) is 6.42 Å². The van der Waals surface area contributed by atoms with Gasteiger partial charge in [0.25, 0.3) is 0 Å². The second kappa shape index (κ2) is 7.04. The Balaban J connectivity index is 1.93. The van der Waals surface area contributed by atoms with Crippen molar-refractivity contribution in [3.63, 3.8) is 0 Å². The highest BCUT2D eigenvalue weighted by atomic mass is 32.2. The van der Waals surface area contributed by atoms with Gasteiger partial charge in [-0.25, -0.2) is 17.9 Å². The first-order valence-corrected chi connectivity index (χ1v) is 8.69. The monoisotopic (exact) mass is 311 g/mol. The van der Waals surface area contributed by atoms with E-state index < -0.39 is 16.0 Å². The lowest BCUT2D eigenvalue weighted by atomic mass is 10.1. The lowest BCUT2D eigenvalue weighted by Gasteiger charge is -2.10. The second-order valence-electron chi connectivity index (χ2n) is 5.35. The van der Waals surface area contributed by atoms with E-state index in [1.807, 2.05) is 0 Å². The Morgan fingerprint density at radius 3 is 2.43 bits per heavy atom. The molecule has 1 saturated carbocycles. The molecule has 21 heavy (non-hydrogen) atoms. The molecule has 0 radical (unpaired) electrons. The van der Waals surface area contributed by atoms with Crippen LogP contribution in [0.5, 0.6) is 0 Å². The van der Waals surface area contributed by atoms with Crippen molar-refractivity contribution in [1.29, 1.82) is 0 Å². The molecule has 116 valence electrons. The maximum atomic E-state index is 12.1. The molecule has 0 aromatic heterocycles. The first-order valence-electron chi connectivity index (χ1n) is 7.21. The fraction of sp³-hybridized carbons (Fsp3) is 0.533. The fourth-order valence-electron chi connectivity index (χ4n) is 2.67. The Morgan fingerprint density at radius 2 is 1.86 bits per heavy atom. The molecule has 1 N–H and O–H groups in total. The number of benzene rings is 1. The van der Waals surface area contributed by atoms with Crippen molar-refractivity contribution in [3.8, 4) is 0 Å². The molecule has 1 fully saturated rings. The molecule has 1 aliphatic carbocycles. The normalized spacial score (nSPS) is 16.0. The number of methoxy groups -OCH3 is 1. The van der Waals surface area contributed by atoms with Crippen molar-refractivity contribution in [3.05, 3.63) is 29.8 Å². The van der Waals surface area contributed by atoms with Gasteiger partial charge in [-0.3, -0.25) is 0 Å².